The Kier molecular flexibility index (Phi) is 4.08. The molecule has 0 saturated heterocycles. The molecule has 1 aromatic heterocycles. The third-order valence-corrected chi connectivity index (χ3v) is 3.17. The van der Waals surface area contributed by atoms with E-state index in [0.717, 1.165) is 22.7 Å². The van der Waals surface area contributed by atoms with Gasteiger partial charge in [0.05, 0.1) is 5.69 Å². The number of aryl methyl sites for hydroxylation is 2. The lowest BCUT2D eigenvalue weighted by Gasteiger charge is -2.12. The van der Waals surface area contributed by atoms with Crippen LogP contribution in [-0.2, 0) is 6.54 Å². The van der Waals surface area contributed by atoms with Crippen molar-refractivity contribution in [2.75, 3.05) is 19.4 Å². The molecular weight excluding hydrogens is 254 g/mol. The van der Waals surface area contributed by atoms with Gasteiger partial charge in [-0.15, -0.1) is 0 Å². The van der Waals surface area contributed by atoms with Gasteiger partial charge in [-0.2, -0.15) is 0 Å². The smallest absolute Gasteiger partial charge is 0.253 e. The highest BCUT2D eigenvalue weighted by Crippen LogP contribution is 2.16. The van der Waals surface area contributed by atoms with Gasteiger partial charge in [-0.3, -0.25) is 4.79 Å². The van der Waals surface area contributed by atoms with Crippen LogP contribution in [0.3, 0.4) is 0 Å². The third-order valence-electron chi connectivity index (χ3n) is 3.17. The van der Waals surface area contributed by atoms with Crippen LogP contribution in [-0.4, -0.2) is 30.1 Å². The molecule has 20 heavy (non-hydrogen) atoms. The molecule has 5 nitrogen and oxygen atoms in total. The predicted molar refractivity (Wildman–Crippen MR) is 77.8 cm³/mol. The highest BCUT2D eigenvalue weighted by atomic mass is 16.5. The van der Waals surface area contributed by atoms with Crippen molar-refractivity contribution in [3.05, 3.63) is 46.8 Å². The normalized spacial score (nSPS) is 10.4. The van der Waals surface area contributed by atoms with Gasteiger partial charge in [-0.25, -0.2) is 0 Å². The number of hydrogen-bond acceptors (Lipinski definition) is 4. The van der Waals surface area contributed by atoms with Gasteiger partial charge >= 0.3 is 0 Å². The number of aromatic nitrogens is 1. The molecule has 0 spiro atoms. The van der Waals surface area contributed by atoms with Gasteiger partial charge in [0, 0.05) is 37.5 Å². The molecule has 1 heterocycles. The number of amides is 1. The maximum absolute atomic E-state index is 11.9. The summed E-state index contributed by atoms with van der Waals surface area (Å²) in [5.74, 6) is 0.807. The van der Waals surface area contributed by atoms with E-state index in [1.54, 1.807) is 19.0 Å². The Hall–Kier alpha value is -2.30. The van der Waals surface area contributed by atoms with Gasteiger partial charge in [-0.05, 0) is 32.0 Å². The fourth-order valence-electron chi connectivity index (χ4n) is 1.97. The van der Waals surface area contributed by atoms with Gasteiger partial charge in [0.15, 0.2) is 0 Å². The average molecular weight is 273 g/mol. The highest BCUT2D eigenvalue weighted by molar-refractivity contribution is 5.94. The predicted octanol–water partition coefficient (Wildman–Crippen LogP) is 2.61. The minimum absolute atomic E-state index is 0.00834. The van der Waals surface area contributed by atoms with Crippen LogP contribution in [0.1, 0.15) is 27.4 Å². The Morgan fingerprint density at radius 2 is 2.10 bits per heavy atom. The zero-order chi connectivity index (χ0) is 14.7. The molecule has 0 atom stereocenters. The molecule has 0 aliphatic carbocycles. The lowest BCUT2D eigenvalue weighted by atomic mass is 10.1. The fourth-order valence-corrected chi connectivity index (χ4v) is 1.97. The summed E-state index contributed by atoms with van der Waals surface area (Å²) < 4.78 is 5.13. The molecule has 2 aromatic rings. The Bertz CT molecular complexity index is 598. The van der Waals surface area contributed by atoms with Crippen LogP contribution in [0.2, 0.25) is 0 Å². The summed E-state index contributed by atoms with van der Waals surface area (Å²) in [5, 5.41) is 7.21. The minimum atomic E-state index is -0.00834. The van der Waals surface area contributed by atoms with Crippen molar-refractivity contribution >= 4 is 11.6 Å². The van der Waals surface area contributed by atoms with Crippen LogP contribution >= 0.6 is 0 Å². The molecule has 2 rings (SSSR count). The number of carbonyl (C=O) groups is 1. The highest BCUT2D eigenvalue weighted by Gasteiger charge is 2.10. The van der Waals surface area contributed by atoms with E-state index in [1.807, 2.05) is 38.1 Å². The van der Waals surface area contributed by atoms with Crippen LogP contribution in [0.5, 0.6) is 0 Å². The lowest BCUT2D eigenvalue weighted by molar-refractivity contribution is 0.0827. The van der Waals surface area contributed by atoms with Crippen molar-refractivity contribution in [2.45, 2.75) is 20.4 Å². The number of nitrogens with zero attached hydrogens (tertiary/aromatic N) is 2. The van der Waals surface area contributed by atoms with Gasteiger partial charge in [0.25, 0.3) is 5.91 Å². The molecule has 0 unspecified atom stereocenters. The van der Waals surface area contributed by atoms with E-state index in [4.69, 9.17) is 4.52 Å². The summed E-state index contributed by atoms with van der Waals surface area (Å²) in [6.45, 7) is 4.43. The first kappa shape index (κ1) is 14.1. The van der Waals surface area contributed by atoms with Gasteiger partial charge in [0.2, 0.25) is 0 Å². The zero-order valence-corrected chi connectivity index (χ0v) is 12.2. The number of nitrogens with one attached hydrogen (secondary N) is 1. The Balaban J connectivity index is 2.11. The summed E-state index contributed by atoms with van der Waals surface area (Å²) in [6, 6.07) is 7.46. The molecule has 0 bridgehead atoms. The quantitative estimate of drug-likeness (QED) is 0.930. The standard InChI is InChI=1S/C15H19N3O2/c1-10-14(11(2)20-17-10)9-16-13-7-5-6-12(8-13)15(19)18(3)4/h5-8,16H,9H2,1-4H3. The number of anilines is 1. The van der Waals surface area contributed by atoms with Gasteiger partial charge in [-0.1, -0.05) is 11.2 Å². The summed E-state index contributed by atoms with van der Waals surface area (Å²) in [4.78, 5) is 13.5. The van der Waals surface area contributed by atoms with Crippen molar-refractivity contribution in [3.8, 4) is 0 Å². The zero-order valence-electron chi connectivity index (χ0n) is 12.2. The number of rotatable bonds is 4. The van der Waals surface area contributed by atoms with Crippen LogP contribution < -0.4 is 5.32 Å². The molecular formula is C15H19N3O2. The van der Waals surface area contributed by atoms with Gasteiger partial charge in [0.1, 0.15) is 5.76 Å². The van der Waals surface area contributed by atoms with E-state index >= 15 is 0 Å². The van der Waals surface area contributed by atoms with Crippen LogP contribution in [0, 0.1) is 13.8 Å². The van der Waals surface area contributed by atoms with Crippen LogP contribution in [0.4, 0.5) is 5.69 Å². The molecule has 106 valence electrons. The number of carbonyl (C=O) groups excluding carboxylic acids is 1. The van der Waals surface area contributed by atoms with E-state index in [-0.39, 0.29) is 5.91 Å². The van der Waals surface area contributed by atoms with E-state index in [1.165, 1.54) is 0 Å². The van der Waals surface area contributed by atoms with Crippen molar-refractivity contribution in [2.24, 2.45) is 0 Å². The lowest BCUT2D eigenvalue weighted by Crippen LogP contribution is -2.21. The third kappa shape index (κ3) is 2.99. The van der Waals surface area contributed by atoms with Gasteiger partial charge < -0.3 is 14.7 Å². The first-order valence-corrected chi connectivity index (χ1v) is 6.46. The summed E-state index contributed by atoms with van der Waals surface area (Å²) in [7, 11) is 3.48. The van der Waals surface area contributed by atoms with Crippen LogP contribution in [0.15, 0.2) is 28.8 Å². The maximum atomic E-state index is 11.9. The summed E-state index contributed by atoms with van der Waals surface area (Å²) >= 11 is 0. The maximum Gasteiger partial charge on any atom is 0.253 e. The second kappa shape index (κ2) is 5.77. The monoisotopic (exact) mass is 273 g/mol. The molecule has 0 aliphatic heterocycles. The van der Waals surface area contributed by atoms with Crippen LogP contribution in [0.25, 0.3) is 0 Å². The Morgan fingerprint density at radius 3 is 2.70 bits per heavy atom. The largest absolute Gasteiger partial charge is 0.381 e. The van der Waals surface area contributed by atoms with Crippen molar-refractivity contribution in [1.29, 1.82) is 0 Å². The number of benzene rings is 1. The average Bonchev–Trinajstić information content (AvgIpc) is 2.75. The first-order valence-electron chi connectivity index (χ1n) is 6.46. The molecule has 0 radical (unpaired) electrons. The molecule has 0 aliphatic rings. The molecule has 0 saturated carbocycles. The number of hydrogen-bond donors (Lipinski definition) is 1. The topological polar surface area (TPSA) is 58.4 Å². The molecule has 5 heteroatoms. The van der Waals surface area contributed by atoms with E-state index in [2.05, 4.69) is 10.5 Å². The van der Waals surface area contributed by atoms with E-state index in [9.17, 15) is 4.79 Å². The summed E-state index contributed by atoms with van der Waals surface area (Å²) in [6.07, 6.45) is 0. The minimum Gasteiger partial charge on any atom is -0.381 e. The van der Waals surface area contributed by atoms with Crippen molar-refractivity contribution in [3.63, 3.8) is 0 Å². The van der Waals surface area contributed by atoms with E-state index in [0.29, 0.717) is 12.1 Å². The first-order chi connectivity index (χ1) is 9.49. The fraction of sp³-hybridized carbons (Fsp3) is 0.333. The Morgan fingerprint density at radius 1 is 1.35 bits per heavy atom. The molecule has 1 aromatic carbocycles. The Labute approximate surface area is 118 Å². The molecule has 1 N–H and O–H groups in total. The summed E-state index contributed by atoms with van der Waals surface area (Å²) in [5.41, 5.74) is 3.50. The second-order valence-corrected chi connectivity index (χ2v) is 4.94. The SMILES string of the molecule is Cc1noc(C)c1CNc1cccc(C(=O)N(C)C)c1. The molecule has 0 fully saturated rings. The van der Waals surface area contributed by atoms with E-state index < -0.39 is 0 Å². The second-order valence-electron chi connectivity index (χ2n) is 4.94. The molecule has 1 amide bonds. The van der Waals surface area contributed by atoms with Crippen molar-refractivity contribution < 1.29 is 9.32 Å². The van der Waals surface area contributed by atoms with Crippen molar-refractivity contribution in [1.82, 2.24) is 10.1 Å².